The molecule has 7 nitrogen and oxygen atoms in total. The number of hydrogen-bond acceptors (Lipinski definition) is 6. The molecule has 0 saturated carbocycles. The van der Waals surface area contributed by atoms with E-state index in [1.807, 2.05) is 0 Å². The summed E-state index contributed by atoms with van der Waals surface area (Å²) < 4.78 is 24.1. The fourth-order valence-corrected chi connectivity index (χ4v) is 5.05. The molecule has 1 aliphatic rings. The average Bonchev–Trinajstić information content (AvgIpc) is 3.23. The number of aromatic nitrogens is 1. The number of benzene rings is 2. The zero-order valence-electron chi connectivity index (χ0n) is 15.3. The Labute approximate surface area is 176 Å². The number of anilines is 2. The van der Waals surface area contributed by atoms with E-state index in [0.717, 1.165) is 6.26 Å². The fraction of sp³-hybridized carbons (Fsp3) is 0.211. The topological polar surface area (TPSA) is 96.4 Å². The summed E-state index contributed by atoms with van der Waals surface area (Å²) in [5.41, 5.74) is 1.18. The Morgan fingerprint density at radius 3 is 2.76 bits per heavy atom. The number of amides is 2. The Balaban J connectivity index is 1.51. The maximum Gasteiger partial charge on any atom is 0.231 e. The Kier molecular flexibility index (Phi) is 5.05. The summed E-state index contributed by atoms with van der Waals surface area (Å²) in [7, 11) is -3.33. The Hall–Kier alpha value is -2.49. The van der Waals surface area contributed by atoms with Crippen LogP contribution in [0.5, 0.6) is 0 Å². The van der Waals surface area contributed by atoms with Crippen LogP contribution in [0.15, 0.2) is 47.4 Å². The third-order valence-electron chi connectivity index (χ3n) is 4.66. The zero-order valence-corrected chi connectivity index (χ0v) is 17.6. The lowest BCUT2D eigenvalue weighted by atomic mass is 10.1. The molecular weight excluding hydrogens is 434 g/mol. The van der Waals surface area contributed by atoms with Gasteiger partial charge in [-0.3, -0.25) is 9.59 Å². The van der Waals surface area contributed by atoms with Crippen molar-refractivity contribution in [1.82, 2.24) is 4.98 Å². The van der Waals surface area contributed by atoms with Gasteiger partial charge in [0.15, 0.2) is 15.0 Å². The number of halogens is 1. The van der Waals surface area contributed by atoms with Gasteiger partial charge in [0.05, 0.1) is 31.7 Å². The number of para-hydroxylation sites is 1. The molecule has 1 fully saturated rings. The van der Waals surface area contributed by atoms with Gasteiger partial charge in [-0.15, -0.1) is 0 Å². The first-order valence-electron chi connectivity index (χ1n) is 8.69. The highest BCUT2D eigenvalue weighted by atomic mass is 35.5. The molecule has 2 heterocycles. The van der Waals surface area contributed by atoms with Crippen LogP contribution in [0.3, 0.4) is 0 Å². The summed E-state index contributed by atoms with van der Waals surface area (Å²) in [5, 5.41) is 3.56. The minimum absolute atomic E-state index is 0.0835. The number of hydrogen-bond donors (Lipinski definition) is 1. The maximum absolute atomic E-state index is 12.7. The highest BCUT2D eigenvalue weighted by Gasteiger charge is 2.36. The quantitative estimate of drug-likeness (QED) is 0.658. The Bertz CT molecular complexity index is 1240. The van der Waals surface area contributed by atoms with Crippen LogP contribution in [0, 0.1) is 5.92 Å². The van der Waals surface area contributed by atoms with Crippen molar-refractivity contribution in [3.05, 3.63) is 47.5 Å². The van der Waals surface area contributed by atoms with E-state index in [9.17, 15) is 18.0 Å². The van der Waals surface area contributed by atoms with Gasteiger partial charge in [0.2, 0.25) is 11.8 Å². The van der Waals surface area contributed by atoms with Crippen molar-refractivity contribution in [3.8, 4) is 0 Å². The van der Waals surface area contributed by atoms with Gasteiger partial charge in [0, 0.05) is 19.2 Å². The minimum atomic E-state index is -3.33. The third-order valence-corrected chi connectivity index (χ3v) is 7.02. The minimum Gasteiger partial charge on any atom is -0.310 e. The van der Waals surface area contributed by atoms with Gasteiger partial charge in [0.25, 0.3) is 0 Å². The van der Waals surface area contributed by atoms with Crippen molar-refractivity contribution in [2.24, 2.45) is 5.92 Å². The molecule has 1 atom stereocenters. The second kappa shape index (κ2) is 7.40. The molecule has 10 heteroatoms. The first kappa shape index (κ1) is 19.8. The third kappa shape index (κ3) is 3.98. The largest absolute Gasteiger partial charge is 0.310 e. The Morgan fingerprint density at radius 1 is 1.28 bits per heavy atom. The number of sulfone groups is 1. The molecule has 29 heavy (non-hydrogen) atoms. The van der Waals surface area contributed by atoms with Crippen LogP contribution in [0.2, 0.25) is 5.02 Å². The summed E-state index contributed by atoms with van der Waals surface area (Å²) in [6.45, 7) is 0.234. The van der Waals surface area contributed by atoms with Gasteiger partial charge < -0.3 is 10.2 Å². The van der Waals surface area contributed by atoms with E-state index in [2.05, 4.69) is 10.3 Å². The smallest absolute Gasteiger partial charge is 0.231 e. The molecule has 0 spiro atoms. The number of carbonyl (C=O) groups is 2. The molecule has 0 unspecified atom stereocenters. The van der Waals surface area contributed by atoms with Crippen molar-refractivity contribution in [3.63, 3.8) is 0 Å². The molecule has 4 rings (SSSR count). The molecule has 1 saturated heterocycles. The van der Waals surface area contributed by atoms with Crippen LogP contribution < -0.4 is 10.2 Å². The lowest BCUT2D eigenvalue weighted by molar-refractivity contribution is -0.122. The lowest BCUT2D eigenvalue weighted by Gasteiger charge is -2.17. The van der Waals surface area contributed by atoms with E-state index in [4.69, 9.17) is 11.6 Å². The maximum atomic E-state index is 12.7. The van der Waals surface area contributed by atoms with Crippen LogP contribution in [0.25, 0.3) is 10.2 Å². The Morgan fingerprint density at radius 2 is 2.03 bits per heavy atom. The lowest BCUT2D eigenvalue weighted by Crippen LogP contribution is -2.28. The molecule has 0 radical (unpaired) electrons. The van der Waals surface area contributed by atoms with Crippen molar-refractivity contribution in [2.45, 2.75) is 11.3 Å². The van der Waals surface area contributed by atoms with Crippen molar-refractivity contribution >= 4 is 65.6 Å². The number of carbonyl (C=O) groups excluding carboxylic acids is 2. The second-order valence-corrected chi connectivity index (χ2v) is 10.2. The van der Waals surface area contributed by atoms with Crippen LogP contribution in [-0.2, 0) is 19.4 Å². The normalized spacial score (nSPS) is 17.1. The van der Waals surface area contributed by atoms with Crippen molar-refractivity contribution < 1.29 is 18.0 Å². The zero-order chi connectivity index (χ0) is 20.8. The SMILES string of the molecule is CS(=O)(=O)c1ccc2nc(NC(=O)[C@@H]3CC(=O)N(c4ccccc4Cl)C3)sc2c1. The number of fused-ring (bicyclic) bond motifs is 1. The highest BCUT2D eigenvalue weighted by Crippen LogP contribution is 2.32. The van der Waals surface area contributed by atoms with Gasteiger partial charge in [0.1, 0.15) is 0 Å². The predicted octanol–water partition coefficient (Wildman–Crippen LogP) is 3.34. The number of thiazole rings is 1. The van der Waals surface area contributed by atoms with Gasteiger partial charge in [-0.05, 0) is 30.3 Å². The standard InChI is InChI=1S/C19H16ClN3O4S2/c1-29(26,27)12-6-7-14-16(9-12)28-19(21-14)22-18(25)11-8-17(24)23(10-11)15-5-3-2-4-13(15)20/h2-7,9,11H,8,10H2,1H3,(H,21,22,25)/t11-/m1/s1. The molecule has 3 aromatic rings. The van der Waals surface area contributed by atoms with Gasteiger partial charge >= 0.3 is 0 Å². The molecule has 2 amide bonds. The summed E-state index contributed by atoms with van der Waals surface area (Å²) in [4.78, 5) is 31.1. The van der Waals surface area contributed by atoms with Gasteiger partial charge in [-0.25, -0.2) is 13.4 Å². The summed E-state index contributed by atoms with van der Waals surface area (Å²) in [5.74, 6) is -1.01. The molecular formula is C19H16ClN3O4S2. The molecule has 1 aliphatic heterocycles. The van der Waals surface area contributed by atoms with E-state index < -0.39 is 15.8 Å². The van der Waals surface area contributed by atoms with Crippen molar-refractivity contribution in [1.29, 1.82) is 0 Å². The highest BCUT2D eigenvalue weighted by molar-refractivity contribution is 7.90. The average molecular weight is 450 g/mol. The van der Waals surface area contributed by atoms with E-state index in [1.165, 1.54) is 28.4 Å². The summed E-state index contributed by atoms with van der Waals surface area (Å²) in [6, 6.07) is 11.6. The monoisotopic (exact) mass is 449 g/mol. The number of nitrogens with one attached hydrogen (secondary N) is 1. The fourth-order valence-electron chi connectivity index (χ4n) is 3.18. The first-order chi connectivity index (χ1) is 13.7. The number of nitrogens with zero attached hydrogens (tertiary/aromatic N) is 2. The molecule has 0 aliphatic carbocycles. The van der Waals surface area contributed by atoms with E-state index in [1.54, 1.807) is 30.3 Å². The molecule has 1 aromatic heterocycles. The number of rotatable bonds is 4. The molecule has 150 valence electrons. The van der Waals surface area contributed by atoms with Crippen LogP contribution >= 0.6 is 22.9 Å². The van der Waals surface area contributed by atoms with Gasteiger partial charge in [-0.2, -0.15) is 0 Å². The van der Waals surface area contributed by atoms with Crippen LogP contribution in [0.1, 0.15) is 6.42 Å². The van der Waals surface area contributed by atoms with E-state index in [0.29, 0.717) is 26.1 Å². The van der Waals surface area contributed by atoms with Crippen molar-refractivity contribution in [2.75, 3.05) is 23.0 Å². The van der Waals surface area contributed by atoms with Crippen LogP contribution in [-0.4, -0.2) is 38.0 Å². The predicted molar refractivity (Wildman–Crippen MR) is 113 cm³/mol. The van der Waals surface area contributed by atoms with E-state index in [-0.39, 0.29) is 29.7 Å². The molecule has 0 bridgehead atoms. The molecule has 2 aromatic carbocycles. The van der Waals surface area contributed by atoms with E-state index >= 15 is 0 Å². The molecule has 1 N–H and O–H groups in total. The van der Waals surface area contributed by atoms with Gasteiger partial charge in [-0.1, -0.05) is 35.1 Å². The van der Waals surface area contributed by atoms with Crippen LogP contribution in [0.4, 0.5) is 10.8 Å². The second-order valence-electron chi connectivity index (χ2n) is 6.77. The summed E-state index contributed by atoms with van der Waals surface area (Å²) in [6.07, 6.45) is 1.22. The summed E-state index contributed by atoms with van der Waals surface area (Å²) >= 11 is 7.36. The first-order valence-corrected chi connectivity index (χ1v) is 11.8.